The summed E-state index contributed by atoms with van der Waals surface area (Å²) < 4.78 is 5.27. The Morgan fingerprint density at radius 3 is 1.73 bits per heavy atom. The molecule has 0 aromatic carbocycles. The summed E-state index contributed by atoms with van der Waals surface area (Å²) in [6.07, 6.45) is 16.3. The molecule has 0 saturated carbocycles. The fourth-order valence-corrected chi connectivity index (χ4v) is 4.52. The molecule has 33 heavy (non-hydrogen) atoms. The third-order valence-electron chi connectivity index (χ3n) is 6.53. The summed E-state index contributed by atoms with van der Waals surface area (Å²) in [6.45, 7) is 6.47. The van der Waals surface area contributed by atoms with Gasteiger partial charge in [0.15, 0.2) is 0 Å². The molecule has 6 nitrogen and oxygen atoms in total. The van der Waals surface area contributed by atoms with Crippen LogP contribution in [-0.4, -0.2) is 60.9 Å². The lowest BCUT2D eigenvalue weighted by atomic mass is 10.0. The number of carbonyl (C=O) groups is 2. The van der Waals surface area contributed by atoms with Crippen molar-refractivity contribution in [2.75, 3.05) is 27.2 Å². The molecule has 0 bridgehead atoms. The highest BCUT2D eigenvalue weighted by Crippen LogP contribution is 2.15. The van der Waals surface area contributed by atoms with Crippen LogP contribution in [0.1, 0.15) is 117 Å². The Morgan fingerprint density at radius 1 is 0.848 bits per heavy atom. The number of carboxylic acid groups (broad SMARTS) is 1. The van der Waals surface area contributed by atoms with Gasteiger partial charge in [-0.15, -0.1) is 0 Å². The van der Waals surface area contributed by atoms with Crippen LogP contribution < -0.4 is 5.11 Å². The van der Waals surface area contributed by atoms with E-state index < -0.39 is 18.1 Å². The molecule has 0 aliphatic rings. The van der Waals surface area contributed by atoms with E-state index in [-0.39, 0.29) is 23.6 Å². The number of hydrogen-bond donors (Lipinski definition) is 1. The van der Waals surface area contributed by atoms with Gasteiger partial charge in [0.2, 0.25) is 0 Å². The number of likely N-dealkylation sites (N-methyl/N-ethyl adjacent to an activating group) is 1. The first-order chi connectivity index (χ1) is 15.6. The molecule has 0 rings (SSSR count). The van der Waals surface area contributed by atoms with Crippen LogP contribution in [0.15, 0.2) is 0 Å². The zero-order chi connectivity index (χ0) is 25.1. The van der Waals surface area contributed by atoms with Crippen molar-refractivity contribution in [3.8, 4) is 0 Å². The molecule has 0 aliphatic carbocycles. The van der Waals surface area contributed by atoms with Crippen LogP contribution in [0.4, 0.5) is 0 Å². The Balaban J connectivity index is 3.61. The minimum atomic E-state index is -1.13. The predicted molar refractivity (Wildman–Crippen MR) is 133 cm³/mol. The van der Waals surface area contributed by atoms with Crippen LogP contribution in [-0.2, 0) is 14.3 Å². The van der Waals surface area contributed by atoms with Crippen molar-refractivity contribution in [1.82, 2.24) is 0 Å². The number of hydrogen-bond acceptors (Lipinski definition) is 5. The number of aliphatic hydroxyl groups is 1. The van der Waals surface area contributed by atoms with Gasteiger partial charge in [-0.05, 0) is 12.3 Å². The number of unbranched alkanes of at least 4 members (excludes halogenated alkanes) is 11. The molecule has 2 atom stereocenters. The highest BCUT2D eigenvalue weighted by molar-refractivity contribution is 5.69. The second-order valence-electron chi connectivity index (χ2n) is 10.7. The monoisotopic (exact) mass is 471 g/mol. The van der Waals surface area contributed by atoms with E-state index in [0.717, 1.165) is 25.2 Å². The Kier molecular flexibility index (Phi) is 18.5. The number of nitrogens with zero attached hydrogens (tertiary/aromatic N) is 1. The second-order valence-corrected chi connectivity index (χ2v) is 10.7. The van der Waals surface area contributed by atoms with Gasteiger partial charge in [0.05, 0.1) is 20.1 Å². The first kappa shape index (κ1) is 31.9. The molecular weight excluding hydrogens is 418 g/mol. The number of ether oxygens (including phenoxy) is 1. The van der Waals surface area contributed by atoms with Gasteiger partial charge >= 0.3 is 5.97 Å². The van der Waals surface area contributed by atoms with E-state index >= 15 is 0 Å². The lowest BCUT2D eigenvalue weighted by Gasteiger charge is -2.39. The standard InChI is InChI=1S/C27H53NO5/c1-6-25(27(31)32)28(4,5)21-24(29)22-33-26(30)20-18-16-14-12-10-8-7-9-11-13-15-17-19-23(2)3/h23-25,29H,6-22H2,1-5H3. The van der Waals surface area contributed by atoms with Gasteiger partial charge in [-0.2, -0.15) is 0 Å². The van der Waals surface area contributed by atoms with Gasteiger partial charge in [-0.3, -0.25) is 4.79 Å². The van der Waals surface area contributed by atoms with E-state index in [4.69, 9.17) is 4.74 Å². The third kappa shape index (κ3) is 17.9. The Labute approximate surface area is 203 Å². The van der Waals surface area contributed by atoms with Gasteiger partial charge in [-0.1, -0.05) is 97.8 Å². The lowest BCUT2D eigenvalue weighted by molar-refractivity contribution is -0.911. The Hall–Kier alpha value is -1.14. The topological polar surface area (TPSA) is 86.7 Å². The summed E-state index contributed by atoms with van der Waals surface area (Å²) in [5, 5.41) is 21.4. The Bertz CT molecular complexity index is 507. The second kappa shape index (κ2) is 19.2. The van der Waals surface area contributed by atoms with E-state index in [9.17, 15) is 19.8 Å². The number of carboxylic acids is 1. The van der Waals surface area contributed by atoms with E-state index in [1.165, 1.54) is 64.2 Å². The number of aliphatic hydroxyl groups excluding tert-OH is 1. The fraction of sp³-hybridized carbons (Fsp3) is 0.926. The van der Waals surface area contributed by atoms with Gasteiger partial charge in [0, 0.05) is 12.8 Å². The summed E-state index contributed by atoms with van der Waals surface area (Å²) in [7, 11) is 3.48. The summed E-state index contributed by atoms with van der Waals surface area (Å²) >= 11 is 0. The minimum Gasteiger partial charge on any atom is -0.544 e. The number of aliphatic carboxylic acids is 1. The zero-order valence-electron chi connectivity index (χ0n) is 22.3. The molecule has 2 unspecified atom stereocenters. The van der Waals surface area contributed by atoms with Crippen molar-refractivity contribution in [1.29, 1.82) is 0 Å². The van der Waals surface area contributed by atoms with Crippen molar-refractivity contribution in [2.24, 2.45) is 5.92 Å². The molecule has 0 radical (unpaired) electrons. The summed E-state index contributed by atoms with van der Waals surface area (Å²) in [5.74, 6) is -0.580. The summed E-state index contributed by atoms with van der Waals surface area (Å²) in [5.41, 5.74) is 0. The van der Waals surface area contributed by atoms with Crippen molar-refractivity contribution in [3.05, 3.63) is 0 Å². The van der Waals surface area contributed by atoms with Crippen LogP contribution in [0.3, 0.4) is 0 Å². The highest BCUT2D eigenvalue weighted by Gasteiger charge is 2.30. The SMILES string of the molecule is CCC(C(=O)[O-])[N+](C)(C)CC(O)COC(=O)CCCCCCCCCCCCCCC(C)C. The number of rotatable bonds is 22. The van der Waals surface area contributed by atoms with E-state index in [0.29, 0.717) is 12.8 Å². The van der Waals surface area contributed by atoms with Crippen LogP contribution in [0.25, 0.3) is 0 Å². The average molecular weight is 472 g/mol. The first-order valence-electron chi connectivity index (χ1n) is 13.5. The van der Waals surface area contributed by atoms with Crippen molar-refractivity contribution in [2.45, 2.75) is 129 Å². The van der Waals surface area contributed by atoms with E-state index in [1.807, 2.05) is 0 Å². The van der Waals surface area contributed by atoms with E-state index in [1.54, 1.807) is 21.0 Å². The van der Waals surface area contributed by atoms with Crippen LogP contribution >= 0.6 is 0 Å². The molecule has 196 valence electrons. The molecule has 6 heteroatoms. The first-order valence-corrected chi connectivity index (χ1v) is 13.5. The quantitative estimate of drug-likeness (QED) is 0.141. The summed E-state index contributed by atoms with van der Waals surface area (Å²) in [6, 6.07) is -0.699. The maximum Gasteiger partial charge on any atom is 0.305 e. The summed E-state index contributed by atoms with van der Waals surface area (Å²) in [4.78, 5) is 23.2. The highest BCUT2D eigenvalue weighted by atomic mass is 16.5. The smallest absolute Gasteiger partial charge is 0.305 e. The van der Waals surface area contributed by atoms with Gasteiger partial charge < -0.3 is 24.2 Å². The number of carbonyl (C=O) groups excluding carboxylic acids is 2. The molecule has 0 heterocycles. The third-order valence-corrected chi connectivity index (χ3v) is 6.53. The van der Waals surface area contributed by atoms with Crippen molar-refractivity contribution >= 4 is 11.9 Å². The Morgan fingerprint density at radius 2 is 1.30 bits per heavy atom. The van der Waals surface area contributed by atoms with Crippen molar-refractivity contribution in [3.63, 3.8) is 0 Å². The fourth-order valence-electron chi connectivity index (χ4n) is 4.52. The van der Waals surface area contributed by atoms with Gasteiger partial charge in [-0.25, -0.2) is 0 Å². The lowest BCUT2D eigenvalue weighted by Crippen LogP contribution is -2.59. The molecule has 0 fully saturated rings. The molecule has 0 spiro atoms. The van der Waals surface area contributed by atoms with Crippen molar-refractivity contribution < 1.29 is 29.0 Å². The molecule has 0 aromatic heterocycles. The molecular formula is C27H53NO5. The van der Waals surface area contributed by atoms with Crippen LogP contribution in [0.2, 0.25) is 0 Å². The molecule has 1 N–H and O–H groups in total. The normalized spacial score (nSPS) is 13.8. The average Bonchev–Trinajstić information content (AvgIpc) is 2.71. The molecule has 0 saturated heterocycles. The van der Waals surface area contributed by atoms with Gasteiger partial charge in [0.1, 0.15) is 25.3 Å². The van der Waals surface area contributed by atoms with Gasteiger partial charge in [0.25, 0.3) is 0 Å². The maximum atomic E-state index is 11.9. The predicted octanol–water partition coefficient (Wildman–Crippen LogP) is 4.61. The zero-order valence-corrected chi connectivity index (χ0v) is 22.3. The van der Waals surface area contributed by atoms with Crippen LogP contribution in [0, 0.1) is 5.92 Å². The number of quaternary nitrogens is 1. The van der Waals surface area contributed by atoms with Crippen LogP contribution in [0.5, 0.6) is 0 Å². The largest absolute Gasteiger partial charge is 0.544 e. The molecule has 0 amide bonds. The minimum absolute atomic E-state index is 0.0931. The number of esters is 1. The van der Waals surface area contributed by atoms with E-state index in [2.05, 4.69) is 13.8 Å². The maximum absolute atomic E-state index is 11.9. The molecule has 0 aromatic rings. The molecule has 0 aliphatic heterocycles.